The van der Waals surface area contributed by atoms with E-state index in [2.05, 4.69) is 15.5 Å². The van der Waals surface area contributed by atoms with Crippen LogP contribution in [0.5, 0.6) is 0 Å². The van der Waals surface area contributed by atoms with Crippen LogP contribution >= 0.6 is 11.8 Å². The number of hydrogen-bond acceptors (Lipinski definition) is 5. The summed E-state index contributed by atoms with van der Waals surface area (Å²) >= 11 is 1.60. The third kappa shape index (κ3) is 4.21. The standard InChI is InChI=1S/C12H22N4O2S/c1-4-12(10(17)18,13-5-2)7-6-8-19-11-15-14-9-16(11)3/h9,13H,4-8H2,1-3H3,(H,17,18). The normalized spacial score (nSPS) is 14.3. The molecule has 1 unspecified atom stereocenters. The first kappa shape index (κ1) is 16.0. The van der Waals surface area contributed by atoms with Gasteiger partial charge in [-0.2, -0.15) is 0 Å². The smallest absolute Gasteiger partial charge is 0.323 e. The summed E-state index contributed by atoms with van der Waals surface area (Å²) in [5, 5.41) is 21.2. The molecule has 1 heterocycles. The Labute approximate surface area is 118 Å². The number of rotatable bonds is 9. The summed E-state index contributed by atoms with van der Waals surface area (Å²) in [4.78, 5) is 11.4. The number of likely N-dealkylation sites (N-methyl/N-ethyl adjacent to an activating group) is 1. The fourth-order valence-electron chi connectivity index (χ4n) is 2.00. The van der Waals surface area contributed by atoms with Crippen molar-refractivity contribution in [3.63, 3.8) is 0 Å². The molecule has 1 aromatic heterocycles. The van der Waals surface area contributed by atoms with Crippen molar-refractivity contribution in [2.75, 3.05) is 12.3 Å². The second kappa shape index (κ2) is 7.49. The summed E-state index contributed by atoms with van der Waals surface area (Å²) in [6.07, 6.45) is 3.70. The maximum absolute atomic E-state index is 11.4. The molecular weight excluding hydrogens is 264 g/mol. The van der Waals surface area contributed by atoms with Gasteiger partial charge in [0.1, 0.15) is 11.9 Å². The van der Waals surface area contributed by atoms with Gasteiger partial charge in [0.2, 0.25) is 0 Å². The number of nitrogens with one attached hydrogen (secondary N) is 1. The molecular formula is C12H22N4O2S. The molecule has 1 rings (SSSR count). The zero-order chi connectivity index (χ0) is 14.3. The van der Waals surface area contributed by atoms with E-state index in [-0.39, 0.29) is 0 Å². The summed E-state index contributed by atoms with van der Waals surface area (Å²) < 4.78 is 1.86. The number of nitrogens with zero attached hydrogens (tertiary/aromatic N) is 3. The van der Waals surface area contributed by atoms with Gasteiger partial charge >= 0.3 is 5.97 Å². The number of carboxylic acid groups (broad SMARTS) is 1. The minimum atomic E-state index is -0.796. The first-order valence-corrected chi connectivity index (χ1v) is 7.49. The van der Waals surface area contributed by atoms with Crippen LogP contribution in [0.1, 0.15) is 33.1 Å². The number of aryl methyl sites for hydroxylation is 1. The molecule has 0 amide bonds. The van der Waals surface area contributed by atoms with Crippen molar-refractivity contribution < 1.29 is 9.90 Å². The van der Waals surface area contributed by atoms with E-state index in [0.29, 0.717) is 19.4 Å². The van der Waals surface area contributed by atoms with Crippen LogP contribution < -0.4 is 5.32 Å². The lowest BCUT2D eigenvalue weighted by Crippen LogP contribution is -2.51. The third-order valence-corrected chi connectivity index (χ3v) is 4.30. The molecule has 0 aromatic carbocycles. The largest absolute Gasteiger partial charge is 0.480 e. The summed E-state index contributed by atoms with van der Waals surface area (Å²) in [6, 6.07) is 0. The summed E-state index contributed by atoms with van der Waals surface area (Å²) in [5.74, 6) is 0.0768. The van der Waals surface area contributed by atoms with Crippen LogP contribution in [0.2, 0.25) is 0 Å². The van der Waals surface area contributed by atoms with E-state index in [9.17, 15) is 9.90 Å². The van der Waals surface area contributed by atoms with Gasteiger partial charge in [-0.1, -0.05) is 25.6 Å². The number of hydrogen-bond donors (Lipinski definition) is 2. The quantitative estimate of drug-likeness (QED) is 0.529. The molecule has 0 saturated carbocycles. The van der Waals surface area contributed by atoms with Crippen molar-refractivity contribution in [2.24, 2.45) is 7.05 Å². The Morgan fingerprint density at radius 1 is 1.58 bits per heavy atom. The highest BCUT2D eigenvalue weighted by Gasteiger charge is 2.34. The molecule has 0 aliphatic rings. The van der Waals surface area contributed by atoms with Gasteiger partial charge in [0, 0.05) is 12.8 Å². The van der Waals surface area contributed by atoms with Crippen LogP contribution in [-0.4, -0.2) is 43.7 Å². The second-order valence-electron chi connectivity index (χ2n) is 4.45. The van der Waals surface area contributed by atoms with Gasteiger partial charge < -0.3 is 15.0 Å². The Bertz CT molecular complexity index is 410. The fraction of sp³-hybridized carbons (Fsp3) is 0.750. The highest BCUT2D eigenvalue weighted by Crippen LogP contribution is 2.22. The Balaban J connectivity index is 2.44. The first-order valence-electron chi connectivity index (χ1n) is 6.51. The van der Waals surface area contributed by atoms with Crippen molar-refractivity contribution in [3.05, 3.63) is 6.33 Å². The number of carboxylic acids is 1. The molecule has 0 bridgehead atoms. The number of aliphatic carboxylic acids is 1. The maximum Gasteiger partial charge on any atom is 0.323 e. The topological polar surface area (TPSA) is 80.0 Å². The van der Waals surface area contributed by atoms with E-state index in [4.69, 9.17) is 0 Å². The minimum Gasteiger partial charge on any atom is -0.480 e. The molecule has 1 aromatic rings. The molecule has 0 saturated heterocycles. The minimum absolute atomic E-state index is 0.588. The van der Waals surface area contributed by atoms with Crippen LogP contribution in [0.3, 0.4) is 0 Å². The summed E-state index contributed by atoms with van der Waals surface area (Å²) in [6.45, 7) is 4.50. The van der Waals surface area contributed by atoms with Crippen molar-refractivity contribution in [1.82, 2.24) is 20.1 Å². The zero-order valence-corrected chi connectivity index (χ0v) is 12.5. The Hall–Kier alpha value is -1.08. The van der Waals surface area contributed by atoms with Gasteiger partial charge in [0.05, 0.1) is 0 Å². The average molecular weight is 286 g/mol. The van der Waals surface area contributed by atoms with E-state index >= 15 is 0 Å². The zero-order valence-electron chi connectivity index (χ0n) is 11.7. The van der Waals surface area contributed by atoms with Gasteiger partial charge in [-0.3, -0.25) is 4.79 Å². The number of thioether (sulfide) groups is 1. The third-order valence-electron chi connectivity index (χ3n) is 3.18. The van der Waals surface area contributed by atoms with E-state index in [0.717, 1.165) is 17.3 Å². The SMILES string of the molecule is CCNC(CC)(CCCSc1nncn1C)C(=O)O. The molecule has 0 radical (unpaired) electrons. The van der Waals surface area contributed by atoms with Crippen LogP contribution in [0, 0.1) is 0 Å². The average Bonchev–Trinajstić information content (AvgIpc) is 2.78. The first-order chi connectivity index (χ1) is 9.05. The molecule has 0 spiro atoms. The molecule has 7 heteroatoms. The van der Waals surface area contributed by atoms with Gasteiger partial charge in [-0.05, 0) is 25.8 Å². The Kier molecular flexibility index (Phi) is 6.30. The maximum atomic E-state index is 11.4. The van der Waals surface area contributed by atoms with Crippen molar-refractivity contribution in [2.45, 2.75) is 43.8 Å². The molecule has 0 aliphatic carbocycles. The Morgan fingerprint density at radius 2 is 2.32 bits per heavy atom. The summed E-state index contributed by atoms with van der Waals surface area (Å²) in [5.41, 5.74) is -0.796. The van der Waals surface area contributed by atoms with E-state index in [1.165, 1.54) is 0 Å². The molecule has 19 heavy (non-hydrogen) atoms. The van der Waals surface area contributed by atoms with Gasteiger partial charge in [0.15, 0.2) is 5.16 Å². The van der Waals surface area contributed by atoms with Crippen molar-refractivity contribution >= 4 is 17.7 Å². The molecule has 0 fully saturated rings. The van der Waals surface area contributed by atoms with E-state index < -0.39 is 11.5 Å². The molecule has 0 aliphatic heterocycles. The van der Waals surface area contributed by atoms with Crippen LogP contribution in [0.25, 0.3) is 0 Å². The van der Waals surface area contributed by atoms with E-state index in [1.54, 1.807) is 18.1 Å². The monoisotopic (exact) mass is 286 g/mol. The predicted molar refractivity (Wildman–Crippen MR) is 75.3 cm³/mol. The lowest BCUT2D eigenvalue weighted by molar-refractivity contribution is -0.145. The van der Waals surface area contributed by atoms with Crippen LogP contribution in [0.15, 0.2) is 11.5 Å². The molecule has 108 valence electrons. The Morgan fingerprint density at radius 3 is 2.79 bits per heavy atom. The second-order valence-corrected chi connectivity index (χ2v) is 5.51. The number of carbonyl (C=O) groups is 1. The highest BCUT2D eigenvalue weighted by atomic mass is 32.2. The molecule has 6 nitrogen and oxygen atoms in total. The number of aromatic nitrogens is 3. The van der Waals surface area contributed by atoms with Crippen LogP contribution in [-0.2, 0) is 11.8 Å². The van der Waals surface area contributed by atoms with Crippen LogP contribution in [0.4, 0.5) is 0 Å². The van der Waals surface area contributed by atoms with Crippen molar-refractivity contribution in [1.29, 1.82) is 0 Å². The molecule has 1 atom stereocenters. The fourth-order valence-corrected chi connectivity index (χ4v) is 2.83. The van der Waals surface area contributed by atoms with Gasteiger partial charge in [-0.25, -0.2) is 0 Å². The van der Waals surface area contributed by atoms with Gasteiger partial charge in [0.25, 0.3) is 0 Å². The predicted octanol–water partition coefficient (Wildman–Crippen LogP) is 1.53. The van der Waals surface area contributed by atoms with Crippen molar-refractivity contribution in [3.8, 4) is 0 Å². The highest BCUT2D eigenvalue weighted by molar-refractivity contribution is 7.99. The lowest BCUT2D eigenvalue weighted by atomic mass is 9.91. The summed E-state index contributed by atoms with van der Waals surface area (Å²) in [7, 11) is 1.90. The van der Waals surface area contributed by atoms with E-state index in [1.807, 2.05) is 25.5 Å². The molecule has 2 N–H and O–H groups in total. The lowest BCUT2D eigenvalue weighted by Gasteiger charge is -2.29. The van der Waals surface area contributed by atoms with Gasteiger partial charge in [-0.15, -0.1) is 10.2 Å².